The number of Topliss-reactive ketones (excluding diaryl/α,β-unsaturated/α-hetero) is 1. The largest absolute Gasteiger partial charge is 0.294 e. The minimum atomic E-state index is 0.325. The molecule has 80 valence electrons. The number of hydrogen-bond donors (Lipinski definition) is 0. The molecule has 0 aliphatic heterocycles. The van der Waals surface area contributed by atoms with E-state index in [0.29, 0.717) is 24.0 Å². The first-order valence-electron chi connectivity index (χ1n) is 5.74. The highest BCUT2D eigenvalue weighted by Crippen LogP contribution is 2.28. The fourth-order valence-corrected chi connectivity index (χ4v) is 2.26. The number of carbonyl (C=O) groups is 1. The van der Waals surface area contributed by atoms with Crippen molar-refractivity contribution in [3.8, 4) is 0 Å². The molecular formula is C14H18O. The number of ketones is 1. The van der Waals surface area contributed by atoms with Crippen LogP contribution in [-0.2, 0) is 6.42 Å². The summed E-state index contributed by atoms with van der Waals surface area (Å²) in [6.07, 6.45) is 1.77. The van der Waals surface area contributed by atoms with Gasteiger partial charge in [-0.25, -0.2) is 0 Å². The van der Waals surface area contributed by atoms with Gasteiger partial charge in [0.05, 0.1) is 0 Å². The molecule has 1 aromatic carbocycles. The number of benzene rings is 1. The lowest BCUT2D eigenvalue weighted by Crippen LogP contribution is -2.18. The van der Waals surface area contributed by atoms with Crippen LogP contribution in [0.4, 0.5) is 0 Å². The summed E-state index contributed by atoms with van der Waals surface area (Å²) in [7, 11) is 0. The molecule has 1 heteroatoms. The van der Waals surface area contributed by atoms with Crippen LogP contribution in [0, 0.1) is 5.92 Å². The van der Waals surface area contributed by atoms with Crippen molar-refractivity contribution in [3.05, 3.63) is 34.9 Å². The molecule has 0 saturated carbocycles. The minimum absolute atomic E-state index is 0.325. The number of hydrogen-bond acceptors (Lipinski definition) is 1. The highest BCUT2D eigenvalue weighted by molar-refractivity contribution is 5.98. The average Bonchev–Trinajstić information content (AvgIpc) is 2.16. The van der Waals surface area contributed by atoms with Gasteiger partial charge in [-0.05, 0) is 35.4 Å². The van der Waals surface area contributed by atoms with Crippen LogP contribution >= 0.6 is 0 Å². The van der Waals surface area contributed by atoms with E-state index in [4.69, 9.17) is 0 Å². The van der Waals surface area contributed by atoms with Crippen molar-refractivity contribution in [2.45, 2.75) is 39.5 Å². The zero-order valence-corrected chi connectivity index (χ0v) is 9.71. The van der Waals surface area contributed by atoms with E-state index >= 15 is 0 Å². The lowest BCUT2D eigenvalue weighted by atomic mass is 9.82. The van der Waals surface area contributed by atoms with Crippen molar-refractivity contribution in [3.63, 3.8) is 0 Å². The lowest BCUT2D eigenvalue weighted by molar-refractivity contribution is 0.0953. The molecule has 1 unspecified atom stereocenters. The van der Waals surface area contributed by atoms with Gasteiger partial charge in [0.25, 0.3) is 0 Å². The molecule has 0 fully saturated rings. The zero-order valence-electron chi connectivity index (χ0n) is 9.71. The summed E-state index contributed by atoms with van der Waals surface area (Å²) in [6, 6.07) is 6.39. The molecule has 1 atom stereocenters. The molecule has 15 heavy (non-hydrogen) atoms. The van der Waals surface area contributed by atoms with Crippen LogP contribution in [0.3, 0.4) is 0 Å². The third kappa shape index (κ3) is 1.97. The number of carbonyl (C=O) groups excluding carboxylic acids is 1. The summed E-state index contributed by atoms with van der Waals surface area (Å²) >= 11 is 0. The van der Waals surface area contributed by atoms with Crippen molar-refractivity contribution in [1.29, 1.82) is 0 Å². The molecule has 1 aromatic rings. The predicted octanol–water partition coefficient (Wildman–Crippen LogP) is 3.58. The van der Waals surface area contributed by atoms with Gasteiger partial charge in [-0.15, -0.1) is 0 Å². The molecule has 0 amide bonds. The summed E-state index contributed by atoms with van der Waals surface area (Å²) in [5.74, 6) is 1.34. The number of fused-ring (bicyclic) bond motifs is 1. The summed E-state index contributed by atoms with van der Waals surface area (Å²) in [6.45, 7) is 6.48. The first-order valence-corrected chi connectivity index (χ1v) is 5.74. The molecule has 0 spiro atoms. The molecule has 1 nitrogen and oxygen atoms in total. The Bertz CT molecular complexity index is 390. The monoisotopic (exact) mass is 202 g/mol. The van der Waals surface area contributed by atoms with E-state index in [-0.39, 0.29) is 0 Å². The second-order valence-electron chi connectivity index (χ2n) is 5.01. The van der Waals surface area contributed by atoms with Gasteiger partial charge in [0, 0.05) is 12.0 Å². The maximum Gasteiger partial charge on any atom is 0.163 e. The van der Waals surface area contributed by atoms with Crippen molar-refractivity contribution in [1.82, 2.24) is 0 Å². The van der Waals surface area contributed by atoms with E-state index in [9.17, 15) is 4.79 Å². The van der Waals surface area contributed by atoms with E-state index in [0.717, 1.165) is 12.0 Å². The predicted molar refractivity (Wildman–Crippen MR) is 62.3 cm³/mol. The maximum absolute atomic E-state index is 11.9. The van der Waals surface area contributed by atoms with Gasteiger partial charge < -0.3 is 0 Å². The van der Waals surface area contributed by atoms with Gasteiger partial charge in [0.1, 0.15) is 0 Å². The van der Waals surface area contributed by atoms with Crippen LogP contribution < -0.4 is 0 Å². The molecule has 0 N–H and O–H groups in total. The third-order valence-corrected chi connectivity index (χ3v) is 3.20. The van der Waals surface area contributed by atoms with Gasteiger partial charge in [-0.1, -0.05) is 32.9 Å². The Morgan fingerprint density at radius 1 is 1.27 bits per heavy atom. The van der Waals surface area contributed by atoms with Crippen LogP contribution in [0.1, 0.15) is 54.6 Å². The highest BCUT2D eigenvalue weighted by Gasteiger charge is 2.22. The Morgan fingerprint density at radius 2 is 2.00 bits per heavy atom. The van der Waals surface area contributed by atoms with Crippen molar-refractivity contribution >= 4 is 5.78 Å². The first-order chi connectivity index (χ1) is 7.08. The fraction of sp³-hybridized carbons (Fsp3) is 0.500. The normalized spacial score (nSPS) is 20.5. The average molecular weight is 202 g/mol. The summed E-state index contributed by atoms with van der Waals surface area (Å²) < 4.78 is 0. The van der Waals surface area contributed by atoms with Gasteiger partial charge in [-0.2, -0.15) is 0 Å². The highest BCUT2D eigenvalue weighted by atomic mass is 16.1. The summed E-state index contributed by atoms with van der Waals surface area (Å²) in [5.41, 5.74) is 3.49. The first kappa shape index (κ1) is 10.4. The molecule has 0 aromatic heterocycles. The molecule has 0 saturated heterocycles. The quantitative estimate of drug-likeness (QED) is 0.680. The Labute approximate surface area is 91.5 Å². The topological polar surface area (TPSA) is 17.1 Å². The minimum Gasteiger partial charge on any atom is -0.294 e. The molecule has 1 aliphatic carbocycles. The van der Waals surface area contributed by atoms with Crippen molar-refractivity contribution < 1.29 is 4.79 Å². The summed E-state index contributed by atoms with van der Waals surface area (Å²) in [4.78, 5) is 11.9. The summed E-state index contributed by atoms with van der Waals surface area (Å²) in [5, 5.41) is 0. The van der Waals surface area contributed by atoms with E-state index in [1.54, 1.807) is 0 Å². The third-order valence-electron chi connectivity index (χ3n) is 3.20. The molecule has 2 rings (SSSR count). The van der Waals surface area contributed by atoms with Crippen LogP contribution in [0.2, 0.25) is 0 Å². The van der Waals surface area contributed by atoms with E-state index < -0.39 is 0 Å². The van der Waals surface area contributed by atoms with E-state index in [1.807, 2.05) is 0 Å². The molecule has 1 aliphatic rings. The van der Waals surface area contributed by atoms with E-state index in [1.165, 1.54) is 11.1 Å². The van der Waals surface area contributed by atoms with Crippen LogP contribution in [0.15, 0.2) is 18.2 Å². The van der Waals surface area contributed by atoms with Crippen LogP contribution in [-0.4, -0.2) is 5.78 Å². The Balaban J connectivity index is 2.44. The standard InChI is InChI=1S/C14H18O/c1-9(2)11-4-5-12-6-10(3)7-14(15)13(12)8-11/h4-5,8-10H,6-7H2,1-3H3. The fourth-order valence-electron chi connectivity index (χ4n) is 2.26. The maximum atomic E-state index is 11.9. The van der Waals surface area contributed by atoms with Gasteiger partial charge >= 0.3 is 0 Å². The Kier molecular flexibility index (Phi) is 2.64. The zero-order chi connectivity index (χ0) is 11.0. The molecule has 0 heterocycles. The van der Waals surface area contributed by atoms with Gasteiger partial charge in [0.2, 0.25) is 0 Å². The van der Waals surface area contributed by atoms with Gasteiger partial charge in [0.15, 0.2) is 5.78 Å². The van der Waals surface area contributed by atoms with Crippen molar-refractivity contribution in [2.75, 3.05) is 0 Å². The molecular weight excluding hydrogens is 184 g/mol. The van der Waals surface area contributed by atoms with Crippen LogP contribution in [0.25, 0.3) is 0 Å². The lowest BCUT2D eigenvalue weighted by Gasteiger charge is -2.21. The SMILES string of the molecule is CC1CC(=O)c2cc(C(C)C)ccc2C1. The second-order valence-corrected chi connectivity index (χ2v) is 5.01. The van der Waals surface area contributed by atoms with Gasteiger partial charge in [-0.3, -0.25) is 4.79 Å². The smallest absolute Gasteiger partial charge is 0.163 e. The molecule has 0 radical (unpaired) electrons. The Morgan fingerprint density at radius 3 is 2.67 bits per heavy atom. The second kappa shape index (κ2) is 3.80. The molecule has 0 bridgehead atoms. The number of rotatable bonds is 1. The van der Waals surface area contributed by atoms with Crippen LogP contribution in [0.5, 0.6) is 0 Å². The Hall–Kier alpha value is -1.11. The van der Waals surface area contributed by atoms with E-state index in [2.05, 4.69) is 39.0 Å². The van der Waals surface area contributed by atoms with Crippen molar-refractivity contribution in [2.24, 2.45) is 5.92 Å².